The van der Waals surface area contributed by atoms with Crippen LogP contribution in [-0.2, 0) is 33.5 Å². The van der Waals surface area contributed by atoms with Gasteiger partial charge < -0.3 is 19.7 Å². The molecule has 0 saturated carbocycles. The fourth-order valence-corrected chi connectivity index (χ4v) is 4.30. The molecule has 1 aliphatic heterocycles. The second-order valence-corrected chi connectivity index (χ2v) is 7.98. The van der Waals surface area contributed by atoms with Gasteiger partial charge in [-0.25, -0.2) is 0 Å². The van der Waals surface area contributed by atoms with Crippen molar-refractivity contribution in [2.45, 2.75) is 37.6 Å². The van der Waals surface area contributed by atoms with Gasteiger partial charge in [-0.3, -0.25) is 4.21 Å². The number of hydrogen-bond acceptors (Lipinski definition) is 5. The summed E-state index contributed by atoms with van der Waals surface area (Å²) in [4.78, 5) is 0. The lowest BCUT2D eigenvalue weighted by atomic mass is 10.0. The van der Waals surface area contributed by atoms with Crippen LogP contribution in [0, 0.1) is 0 Å². The number of ether oxygens (including phenoxy) is 2. The fourth-order valence-electron chi connectivity index (χ4n) is 3.02. The molecule has 0 aromatic heterocycles. The summed E-state index contributed by atoms with van der Waals surface area (Å²) in [6.07, 6.45) is -3.42. The molecule has 1 aliphatic rings. The number of rotatable bonds is 6. The van der Waals surface area contributed by atoms with Crippen molar-refractivity contribution in [2.75, 3.05) is 11.5 Å². The van der Waals surface area contributed by atoms with E-state index >= 15 is 0 Å². The van der Waals surface area contributed by atoms with E-state index in [1.165, 1.54) is 0 Å². The topological polar surface area (TPSA) is 76.0 Å². The lowest BCUT2D eigenvalue weighted by Crippen LogP contribution is -2.47. The third-order valence-electron chi connectivity index (χ3n) is 4.37. The summed E-state index contributed by atoms with van der Waals surface area (Å²) in [5.41, 5.74) is 1.92. The maximum Gasteiger partial charge on any atom is 0.113 e. The van der Waals surface area contributed by atoms with Gasteiger partial charge in [0.2, 0.25) is 0 Å². The van der Waals surface area contributed by atoms with E-state index in [4.69, 9.17) is 9.47 Å². The molecule has 4 atom stereocenters. The average Bonchev–Trinajstić information content (AvgIpc) is 2.75. The first kappa shape index (κ1) is 19.2. The Morgan fingerprint density at radius 2 is 1.15 bits per heavy atom. The monoisotopic (exact) mass is 376 g/mol. The van der Waals surface area contributed by atoms with Gasteiger partial charge in [0, 0.05) is 10.8 Å². The van der Waals surface area contributed by atoms with Gasteiger partial charge in [0.15, 0.2) is 0 Å². The Labute approximate surface area is 156 Å². The molecular formula is C20H24O5S. The molecule has 0 bridgehead atoms. The highest BCUT2D eigenvalue weighted by atomic mass is 32.2. The maximum atomic E-state index is 12.0. The molecule has 1 fully saturated rings. The lowest BCUT2D eigenvalue weighted by Gasteiger charge is -2.31. The predicted molar refractivity (Wildman–Crippen MR) is 99.9 cm³/mol. The summed E-state index contributed by atoms with van der Waals surface area (Å²) in [6.45, 7) is 0.570. The smallest absolute Gasteiger partial charge is 0.113 e. The van der Waals surface area contributed by atoms with E-state index in [9.17, 15) is 14.4 Å². The molecule has 0 radical (unpaired) electrons. The predicted octanol–water partition coefficient (Wildman–Crippen LogP) is 1.64. The molecule has 1 saturated heterocycles. The van der Waals surface area contributed by atoms with Crippen LogP contribution < -0.4 is 0 Å². The van der Waals surface area contributed by atoms with Crippen molar-refractivity contribution >= 4 is 10.8 Å². The van der Waals surface area contributed by atoms with Crippen LogP contribution in [0.3, 0.4) is 0 Å². The SMILES string of the molecule is O=S1C[C@@H](O)[C@@H](OCc2ccccc2)[C@H](OCc2ccccc2)[C@H](O)C1. The molecular weight excluding hydrogens is 352 g/mol. The zero-order chi connectivity index (χ0) is 18.4. The van der Waals surface area contributed by atoms with Gasteiger partial charge in [0.05, 0.1) is 36.9 Å². The summed E-state index contributed by atoms with van der Waals surface area (Å²) < 4.78 is 23.8. The van der Waals surface area contributed by atoms with Gasteiger partial charge in [0.1, 0.15) is 12.2 Å². The van der Waals surface area contributed by atoms with Gasteiger partial charge in [-0.15, -0.1) is 0 Å². The van der Waals surface area contributed by atoms with Crippen LogP contribution >= 0.6 is 0 Å². The molecule has 140 valence electrons. The zero-order valence-corrected chi connectivity index (χ0v) is 15.3. The first-order valence-corrected chi connectivity index (χ1v) is 10.1. The number of aliphatic hydroxyl groups is 2. The molecule has 6 heteroatoms. The minimum Gasteiger partial charge on any atom is -0.389 e. The van der Waals surface area contributed by atoms with Crippen LogP contribution in [0.25, 0.3) is 0 Å². The summed E-state index contributed by atoms with van der Waals surface area (Å²) in [6, 6.07) is 19.2. The van der Waals surface area contributed by atoms with Crippen LogP contribution in [0.5, 0.6) is 0 Å². The highest BCUT2D eigenvalue weighted by Crippen LogP contribution is 2.22. The van der Waals surface area contributed by atoms with Crippen molar-refractivity contribution in [2.24, 2.45) is 0 Å². The Hall–Kier alpha value is -1.57. The normalized spacial score (nSPS) is 29.2. The highest BCUT2D eigenvalue weighted by molar-refractivity contribution is 7.85. The zero-order valence-electron chi connectivity index (χ0n) is 14.4. The van der Waals surface area contributed by atoms with Crippen LogP contribution in [0.2, 0.25) is 0 Å². The molecule has 3 rings (SSSR count). The van der Waals surface area contributed by atoms with E-state index in [1.807, 2.05) is 60.7 Å². The maximum absolute atomic E-state index is 12.0. The van der Waals surface area contributed by atoms with E-state index in [0.717, 1.165) is 11.1 Å². The van der Waals surface area contributed by atoms with Crippen LogP contribution in [0.1, 0.15) is 11.1 Å². The van der Waals surface area contributed by atoms with Crippen molar-refractivity contribution in [1.82, 2.24) is 0 Å². The largest absolute Gasteiger partial charge is 0.389 e. The molecule has 0 aliphatic carbocycles. The van der Waals surface area contributed by atoms with Crippen molar-refractivity contribution in [1.29, 1.82) is 0 Å². The molecule has 2 N–H and O–H groups in total. The average molecular weight is 376 g/mol. The summed E-state index contributed by atoms with van der Waals surface area (Å²) in [5.74, 6) is 0.142. The molecule has 1 heterocycles. The van der Waals surface area contributed by atoms with E-state index in [2.05, 4.69) is 0 Å². The Morgan fingerprint density at radius 1 is 0.769 bits per heavy atom. The summed E-state index contributed by atoms with van der Waals surface area (Å²) in [7, 11) is -1.32. The first-order valence-electron chi connectivity index (χ1n) is 8.65. The highest BCUT2D eigenvalue weighted by Gasteiger charge is 2.40. The first-order chi connectivity index (χ1) is 12.6. The van der Waals surface area contributed by atoms with Gasteiger partial charge in [-0.05, 0) is 11.1 Å². The third kappa shape index (κ3) is 5.22. The standard InChI is InChI=1S/C20H24O5S/c21-17-13-26(23)14-18(22)20(25-12-16-9-5-2-6-10-16)19(17)24-11-15-7-3-1-4-8-15/h1-10,17-22H,11-14H2/t17-,18-,19-,20-/m1/s1. The van der Waals surface area contributed by atoms with Crippen molar-refractivity contribution in [3.05, 3.63) is 71.8 Å². The van der Waals surface area contributed by atoms with Gasteiger partial charge in [-0.1, -0.05) is 60.7 Å². The Kier molecular flexibility index (Phi) is 6.93. The Morgan fingerprint density at radius 3 is 1.54 bits per heavy atom. The van der Waals surface area contributed by atoms with Gasteiger partial charge in [-0.2, -0.15) is 0 Å². The fraction of sp³-hybridized carbons (Fsp3) is 0.400. The molecule has 2 aromatic rings. The number of benzene rings is 2. The number of aliphatic hydroxyl groups excluding tert-OH is 2. The van der Waals surface area contributed by atoms with Crippen molar-refractivity contribution in [3.63, 3.8) is 0 Å². The van der Waals surface area contributed by atoms with E-state index in [-0.39, 0.29) is 24.7 Å². The Bertz CT molecular complexity index is 634. The number of hydrogen-bond donors (Lipinski definition) is 2. The van der Waals surface area contributed by atoms with E-state index < -0.39 is 35.2 Å². The molecule has 0 spiro atoms. The lowest BCUT2D eigenvalue weighted by molar-refractivity contribution is -0.155. The van der Waals surface area contributed by atoms with Crippen LogP contribution in [0.4, 0.5) is 0 Å². The van der Waals surface area contributed by atoms with Crippen molar-refractivity contribution < 1.29 is 23.9 Å². The minimum atomic E-state index is -1.32. The van der Waals surface area contributed by atoms with Crippen molar-refractivity contribution in [3.8, 4) is 0 Å². The quantitative estimate of drug-likeness (QED) is 0.802. The van der Waals surface area contributed by atoms with Crippen LogP contribution in [0.15, 0.2) is 60.7 Å². The minimum absolute atomic E-state index is 0.0711. The second kappa shape index (κ2) is 9.39. The van der Waals surface area contributed by atoms with Crippen LogP contribution in [-0.4, -0.2) is 50.3 Å². The second-order valence-electron chi connectivity index (χ2n) is 6.43. The summed E-state index contributed by atoms with van der Waals surface area (Å²) >= 11 is 0. The van der Waals surface area contributed by atoms with Gasteiger partial charge in [0.25, 0.3) is 0 Å². The Balaban J connectivity index is 1.72. The third-order valence-corrected chi connectivity index (χ3v) is 5.79. The molecule has 0 amide bonds. The van der Waals surface area contributed by atoms with Gasteiger partial charge >= 0.3 is 0 Å². The molecule has 2 aromatic carbocycles. The molecule has 26 heavy (non-hydrogen) atoms. The van der Waals surface area contributed by atoms with E-state index in [1.54, 1.807) is 0 Å². The molecule has 0 unspecified atom stereocenters. The van der Waals surface area contributed by atoms with E-state index in [0.29, 0.717) is 0 Å². The summed E-state index contributed by atoms with van der Waals surface area (Å²) in [5, 5.41) is 20.9. The molecule has 5 nitrogen and oxygen atoms in total.